The van der Waals surface area contributed by atoms with E-state index in [1.54, 1.807) is 63.7 Å². The molecule has 0 radical (unpaired) electrons. The minimum Gasteiger partial charge on any atom is -0.200 e. The van der Waals surface area contributed by atoms with Crippen molar-refractivity contribution in [2.24, 2.45) is 21.1 Å². The monoisotopic (exact) mass is 1470 g/mol. The average Bonchev–Trinajstić information content (AvgIpc) is 1.45. The van der Waals surface area contributed by atoms with Crippen LogP contribution in [0.5, 0.6) is 0 Å². The number of aromatic nitrogens is 3. The van der Waals surface area contributed by atoms with Crippen molar-refractivity contribution in [3.63, 3.8) is 0 Å². The number of fused-ring (bicyclic) bond motifs is 12. The van der Waals surface area contributed by atoms with Gasteiger partial charge in [-0.25, -0.2) is 13.7 Å². The maximum atomic E-state index is 2.68. The molecular weight excluding hydrogens is 1360 g/mol. The van der Waals surface area contributed by atoms with E-state index < -0.39 is 32.3 Å². The van der Waals surface area contributed by atoms with E-state index in [2.05, 4.69) is 353 Å². The summed E-state index contributed by atoms with van der Waals surface area (Å²) < 4.78 is 6.94. The van der Waals surface area contributed by atoms with Crippen LogP contribution in [0, 0.1) is 41.5 Å². The number of nitrogens with zero attached hydrogens (tertiary/aromatic N) is 3. The van der Waals surface area contributed by atoms with Crippen LogP contribution >= 0.6 is 0 Å². The number of benzene rings is 9. The number of aryl methyl sites for hydroxylation is 9. The smallest absolute Gasteiger partial charge is 0.200 e. The Balaban J connectivity index is 0.000000123. The van der Waals surface area contributed by atoms with Crippen molar-refractivity contribution in [2.75, 3.05) is 0 Å². The third-order valence-electron chi connectivity index (χ3n) is 27.5. The topological polar surface area (TPSA) is 11.6 Å². The molecule has 7 heterocycles. The van der Waals surface area contributed by atoms with Crippen molar-refractivity contribution in [3.8, 4) is 67.2 Å². The Morgan fingerprint density at radius 1 is 0.252 bits per heavy atom. The lowest BCUT2D eigenvalue weighted by Gasteiger charge is -2.51. The molecule has 0 bridgehead atoms. The summed E-state index contributed by atoms with van der Waals surface area (Å²) >= 11 is 0. The van der Waals surface area contributed by atoms with Gasteiger partial charge in [0.15, 0.2) is 18.6 Å². The summed E-state index contributed by atoms with van der Waals surface area (Å²) in [5.41, 5.74) is 31.1. The molecule has 12 aromatic rings. The molecule has 0 amide bonds. The van der Waals surface area contributed by atoms with Crippen LogP contribution in [-0.4, -0.2) is 32.3 Å². The SMILES string of the molecule is Cc1cc(-c2ccccc2C)[n+](C)cc1-c1ccc2c(c1)C1(CCCC1)c1ccccc1[Si]2(C)C.Cc1cc(-c2ccccc2C)[n+](C)cc1-c1ccc2c(c1)C1(CCCCC1)c1ccccc1[Si]21CCCCC1.Cc1cc(-c2ccccc2C)[n+](C)cc1-c1ccc2c(c1)[Si](C)(C)c1ccccc1[Si]2(C)C. The highest BCUT2D eigenvalue weighted by molar-refractivity contribution is 7.16. The summed E-state index contributed by atoms with van der Waals surface area (Å²) in [6, 6.07) is 87.3. The third-order valence-corrected chi connectivity index (χ3v) is 44.0. The van der Waals surface area contributed by atoms with Crippen LogP contribution in [0.1, 0.15) is 133 Å². The first-order chi connectivity index (χ1) is 51.5. The van der Waals surface area contributed by atoms with Gasteiger partial charge in [-0.2, -0.15) is 0 Å². The minimum absolute atomic E-state index is 0.196. The Labute approximate surface area is 644 Å². The van der Waals surface area contributed by atoms with Crippen LogP contribution in [0.4, 0.5) is 0 Å². The maximum absolute atomic E-state index is 2.68. The second kappa shape index (κ2) is 28.1. The third kappa shape index (κ3) is 12.2. The molecule has 0 atom stereocenters. The number of hydrogen-bond donors (Lipinski definition) is 0. The minimum atomic E-state index is -1.76. The summed E-state index contributed by atoms with van der Waals surface area (Å²) in [5.74, 6) is 0. The molecule has 107 heavy (non-hydrogen) atoms. The molecule has 7 heteroatoms. The van der Waals surface area contributed by atoms with Gasteiger partial charge in [0.05, 0.1) is 0 Å². The van der Waals surface area contributed by atoms with E-state index in [0.717, 1.165) is 0 Å². The van der Waals surface area contributed by atoms with Crippen molar-refractivity contribution in [1.29, 1.82) is 0 Å². The van der Waals surface area contributed by atoms with Crippen molar-refractivity contribution >= 4 is 73.8 Å². The molecule has 0 N–H and O–H groups in total. The van der Waals surface area contributed by atoms with Gasteiger partial charge in [0, 0.05) is 62.4 Å². The largest absolute Gasteiger partial charge is 0.212 e. The fourth-order valence-electron chi connectivity index (χ4n) is 21.6. The Kier molecular flexibility index (Phi) is 19.0. The summed E-state index contributed by atoms with van der Waals surface area (Å²) in [6.45, 7) is 28.7. The summed E-state index contributed by atoms with van der Waals surface area (Å²) in [5, 5.41) is 13.5. The molecule has 18 rings (SSSR count). The van der Waals surface area contributed by atoms with Crippen molar-refractivity contribution in [1.82, 2.24) is 0 Å². The van der Waals surface area contributed by atoms with Gasteiger partial charge in [0.2, 0.25) is 17.1 Å². The zero-order valence-electron chi connectivity index (χ0n) is 66.8. The van der Waals surface area contributed by atoms with Crippen LogP contribution in [0.15, 0.2) is 237 Å². The molecule has 9 aromatic carbocycles. The first kappa shape index (κ1) is 72.5. The highest BCUT2D eigenvalue weighted by Crippen LogP contribution is 2.52. The number of pyridine rings is 3. The Morgan fingerprint density at radius 2 is 0.551 bits per heavy atom. The predicted octanol–water partition coefficient (Wildman–Crippen LogP) is 18.7. The standard InChI is InChI=1S/C37H42NSi.C33H36NSi.C30H34NSi2/c1-27-14-6-7-15-30(27)34-24-28(2)31(26-38(34)3)29-18-19-36-33(25-29)37(20-10-4-11-21-37)32-16-8-9-17-35(32)39(36)22-12-5-13-23-39;1-23-12-6-7-13-26(23)30-20-24(2)27(22-34(30)3)25-16-17-32-29(21-25)33(18-10-11-19-33)28-14-8-9-15-31(28)35(32,4)5;1-21-12-8-9-13-24(21)26-18-22(2)25(20-31(26)3)23-16-17-29-30(19-23)33(6,7)28-15-11-10-14-27(28)32(29,4)5/h6-9,14-19,24-26H,4-5,10-13,20-23H2,1-3H3;6-9,12-17,20-22H,10-11,18-19H2,1-5H3;8-20H,1-7H3/q3*+1. The van der Waals surface area contributed by atoms with Crippen LogP contribution in [0.25, 0.3) is 67.2 Å². The van der Waals surface area contributed by atoms with Gasteiger partial charge in [-0.1, -0.05) is 309 Å². The molecular formula is C100H112N3Si4+3. The van der Waals surface area contributed by atoms with E-state index >= 15 is 0 Å². The average molecular weight is 1470 g/mol. The first-order valence-corrected chi connectivity index (χ1v) is 51.8. The lowest BCUT2D eigenvalue weighted by atomic mass is 9.64. The van der Waals surface area contributed by atoms with E-state index in [0.29, 0.717) is 0 Å². The summed E-state index contributed by atoms with van der Waals surface area (Å²) in [4.78, 5) is 0. The highest BCUT2D eigenvalue weighted by atomic mass is 28.3. The van der Waals surface area contributed by atoms with E-state index in [1.165, 1.54) is 190 Å². The molecule has 3 aromatic heterocycles. The molecule has 3 fully saturated rings. The predicted molar refractivity (Wildman–Crippen MR) is 465 cm³/mol. The molecule has 3 nitrogen and oxygen atoms in total. The van der Waals surface area contributed by atoms with Crippen LogP contribution in [0.3, 0.4) is 0 Å². The number of rotatable bonds is 6. The molecule has 3 spiro atoms. The van der Waals surface area contributed by atoms with E-state index in [9.17, 15) is 0 Å². The maximum Gasteiger partial charge on any atom is 0.212 e. The van der Waals surface area contributed by atoms with Gasteiger partial charge >= 0.3 is 0 Å². The second-order valence-corrected chi connectivity index (χ2v) is 52.1. The molecule has 540 valence electrons. The van der Waals surface area contributed by atoms with Crippen molar-refractivity contribution < 1.29 is 13.7 Å². The first-order valence-electron chi connectivity index (χ1n) is 40.4. The van der Waals surface area contributed by atoms with Crippen LogP contribution in [0.2, 0.25) is 51.4 Å². The molecule has 4 aliphatic heterocycles. The normalized spacial score (nSPS) is 17.4. The Bertz CT molecular complexity index is 5480. The molecule has 1 saturated heterocycles. The number of hydrogen-bond acceptors (Lipinski definition) is 0. The lowest BCUT2D eigenvalue weighted by Crippen LogP contribution is -2.77. The van der Waals surface area contributed by atoms with E-state index in [4.69, 9.17) is 0 Å². The Morgan fingerprint density at radius 3 is 1.00 bits per heavy atom. The zero-order valence-corrected chi connectivity index (χ0v) is 70.8. The van der Waals surface area contributed by atoms with Crippen molar-refractivity contribution in [2.45, 2.75) is 181 Å². The van der Waals surface area contributed by atoms with Gasteiger partial charge in [-0.05, 0) is 175 Å². The van der Waals surface area contributed by atoms with Crippen molar-refractivity contribution in [3.05, 3.63) is 293 Å². The Hall–Kier alpha value is -8.70. The fourth-order valence-corrected chi connectivity index (χ4v) is 40.1. The van der Waals surface area contributed by atoms with E-state index in [1.807, 2.05) is 0 Å². The highest BCUT2D eigenvalue weighted by Gasteiger charge is 2.53. The molecule has 0 unspecified atom stereocenters. The van der Waals surface area contributed by atoms with Gasteiger partial charge < -0.3 is 0 Å². The van der Waals surface area contributed by atoms with Gasteiger partial charge in [-0.3, -0.25) is 0 Å². The van der Waals surface area contributed by atoms with Gasteiger partial charge in [0.1, 0.15) is 53.4 Å². The quantitative estimate of drug-likeness (QED) is 0.116. The zero-order chi connectivity index (χ0) is 74.5. The fraction of sp³-hybridized carbons (Fsp3) is 0.310. The summed E-state index contributed by atoms with van der Waals surface area (Å²) in [6.07, 6.45) is 23.2. The second-order valence-electron chi connectivity index (χ2n) is 34.9. The van der Waals surface area contributed by atoms with Crippen LogP contribution in [-0.2, 0) is 32.0 Å². The van der Waals surface area contributed by atoms with Gasteiger partial charge in [0.25, 0.3) is 0 Å². The lowest BCUT2D eigenvalue weighted by molar-refractivity contribution is -0.660. The molecule has 6 aliphatic rings. The summed E-state index contributed by atoms with van der Waals surface area (Å²) in [7, 11) is -0.353. The van der Waals surface area contributed by atoms with Crippen LogP contribution < -0.4 is 55.2 Å². The van der Waals surface area contributed by atoms with Gasteiger partial charge in [-0.15, -0.1) is 0 Å². The molecule has 2 saturated carbocycles. The molecule has 2 aliphatic carbocycles. The van der Waals surface area contributed by atoms with E-state index in [-0.39, 0.29) is 10.8 Å².